The average molecular weight is 246 g/mol. The van der Waals surface area contributed by atoms with Crippen LogP contribution in [-0.2, 0) is 0 Å². The number of nitrogens with zero attached hydrogens (tertiary/aromatic N) is 1. The zero-order valence-electron chi connectivity index (χ0n) is 7.69. The highest BCUT2D eigenvalue weighted by molar-refractivity contribution is 6.30. The van der Waals surface area contributed by atoms with Crippen LogP contribution in [0.25, 0.3) is 0 Å². The Bertz CT molecular complexity index is 389. The third-order valence-electron chi connectivity index (χ3n) is 1.98. The third kappa shape index (κ3) is 2.83. The number of benzene rings is 1. The van der Waals surface area contributed by atoms with Gasteiger partial charge in [0, 0.05) is 10.6 Å². The zero-order chi connectivity index (χ0) is 11.4. The van der Waals surface area contributed by atoms with Crippen molar-refractivity contribution in [1.29, 1.82) is 5.26 Å². The van der Waals surface area contributed by atoms with E-state index < -0.39 is 12.2 Å². The number of rotatable bonds is 3. The second-order valence-corrected chi connectivity index (χ2v) is 3.75. The lowest BCUT2D eigenvalue weighted by Crippen LogP contribution is -2.20. The van der Waals surface area contributed by atoms with Crippen LogP contribution < -0.4 is 0 Å². The quantitative estimate of drug-likeness (QED) is 0.800. The number of alkyl halides is 1. The first-order valence-corrected chi connectivity index (χ1v) is 5.13. The van der Waals surface area contributed by atoms with Gasteiger partial charge in [0.1, 0.15) is 6.10 Å². The Hall–Kier alpha value is -0.790. The van der Waals surface area contributed by atoms with E-state index in [0.717, 1.165) is 0 Å². The number of aliphatic hydroxyl groups is 2. The van der Waals surface area contributed by atoms with Crippen LogP contribution in [0, 0.1) is 11.3 Å². The molecule has 0 aliphatic rings. The van der Waals surface area contributed by atoms with E-state index in [0.29, 0.717) is 10.6 Å². The van der Waals surface area contributed by atoms with Crippen LogP contribution in [0.1, 0.15) is 17.2 Å². The van der Waals surface area contributed by atoms with Crippen molar-refractivity contribution in [1.82, 2.24) is 0 Å². The Balaban J connectivity index is 3.09. The van der Waals surface area contributed by atoms with Crippen LogP contribution in [0.5, 0.6) is 0 Å². The van der Waals surface area contributed by atoms with E-state index in [-0.39, 0.29) is 11.4 Å². The van der Waals surface area contributed by atoms with E-state index in [1.807, 2.05) is 6.07 Å². The molecule has 80 valence electrons. The summed E-state index contributed by atoms with van der Waals surface area (Å²) in [5, 5.41) is 28.2. The van der Waals surface area contributed by atoms with Gasteiger partial charge in [0.2, 0.25) is 0 Å². The van der Waals surface area contributed by atoms with E-state index in [1.165, 1.54) is 12.1 Å². The van der Waals surface area contributed by atoms with Gasteiger partial charge in [0.15, 0.2) is 0 Å². The van der Waals surface area contributed by atoms with E-state index in [2.05, 4.69) is 0 Å². The summed E-state index contributed by atoms with van der Waals surface area (Å²) >= 11 is 11.1. The molecule has 2 atom stereocenters. The highest BCUT2D eigenvalue weighted by atomic mass is 35.5. The van der Waals surface area contributed by atoms with Crippen LogP contribution in [0.4, 0.5) is 0 Å². The molecule has 0 aliphatic carbocycles. The number of aliphatic hydroxyl groups excluding tert-OH is 2. The van der Waals surface area contributed by atoms with Gasteiger partial charge in [0.05, 0.1) is 23.6 Å². The molecule has 0 heterocycles. The van der Waals surface area contributed by atoms with E-state index >= 15 is 0 Å². The summed E-state index contributed by atoms with van der Waals surface area (Å²) < 4.78 is 0. The molecular formula is C10H9Cl2NO2. The van der Waals surface area contributed by atoms with Crippen molar-refractivity contribution in [2.45, 2.75) is 12.2 Å². The number of hydrogen-bond donors (Lipinski definition) is 2. The first-order valence-electron chi connectivity index (χ1n) is 4.21. The summed E-state index contributed by atoms with van der Waals surface area (Å²) in [6, 6.07) is 6.37. The maximum absolute atomic E-state index is 9.66. The van der Waals surface area contributed by atoms with Gasteiger partial charge in [0.25, 0.3) is 0 Å². The predicted molar refractivity (Wildman–Crippen MR) is 57.9 cm³/mol. The van der Waals surface area contributed by atoms with Crippen molar-refractivity contribution in [3.63, 3.8) is 0 Å². The second kappa shape index (κ2) is 5.34. The third-order valence-corrected chi connectivity index (χ3v) is 2.53. The van der Waals surface area contributed by atoms with Gasteiger partial charge in [-0.1, -0.05) is 17.7 Å². The van der Waals surface area contributed by atoms with Crippen molar-refractivity contribution >= 4 is 23.2 Å². The second-order valence-electron chi connectivity index (χ2n) is 3.01. The number of halogens is 2. The summed E-state index contributed by atoms with van der Waals surface area (Å²) in [5.41, 5.74) is 0.564. The molecule has 1 aromatic rings. The molecule has 0 bridgehead atoms. The van der Waals surface area contributed by atoms with Crippen LogP contribution in [-0.4, -0.2) is 22.2 Å². The summed E-state index contributed by atoms with van der Waals surface area (Å²) in [4.78, 5) is 0. The first kappa shape index (κ1) is 12.3. The van der Waals surface area contributed by atoms with Gasteiger partial charge in [-0.15, -0.1) is 11.6 Å². The molecule has 2 N–H and O–H groups in total. The minimum Gasteiger partial charge on any atom is -0.389 e. The van der Waals surface area contributed by atoms with Crippen LogP contribution >= 0.6 is 23.2 Å². The highest BCUT2D eigenvalue weighted by Crippen LogP contribution is 2.24. The van der Waals surface area contributed by atoms with E-state index in [1.54, 1.807) is 6.07 Å². The van der Waals surface area contributed by atoms with Gasteiger partial charge in [-0.25, -0.2) is 0 Å². The van der Waals surface area contributed by atoms with Crippen LogP contribution in [0.15, 0.2) is 18.2 Å². The van der Waals surface area contributed by atoms with Crippen LogP contribution in [0.2, 0.25) is 5.02 Å². The maximum Gasteiger partial charge on any atom is 0.107 e. The first-order chi connectivity index (χ1) is 7.10. The minimum absolute atomic E-state index is 0.103. The van der Waals surface area contributed by atoms with E-state index in [4.69, 9.17) is 28.5 Å². The Kier molecular flexibility index (Phi) is 4.37. The van der Waals surface area contributed by atoms with Crippen molar-refractivity contribution in [3.05, 3.63) is 34.3 Å². The lowest BCUT2D eigenvalue weighted by atomic mass is 10.00. The molecule has 0 amide bonds. The van der Waals surface area contributed by atoms with Crippen molar-refractivity contribution < 1.29 is 10.2 Å². The molecular weight excluding hydrogens is 237 g/mol. The monoisotopic (exact) mass is 245 g/mol. The molecule has 0 fully saturated rings. The van der Waals surface area contributed by atoms with Gasteiger partial charge in [-0.05, 0) is 12.1 Å². The molecule has 2 unspecified atom stereocenters. The molecule has 0 radical (unpaired) electrons. The van der Waals surface area contributed by atoms with E-state index in [9.17, 15) is 10.2 Å². The Labute approximate surface area is 97.5 Å². The van der Waals surface area contributed by atoms with Gasteiger partial charge in [-0.3, -0.25) is 0 Å². The molecule has 5 heteroatoms. The number of nitriles is 1. The predicted octanol–water partition coefficient (Wildman–Crippen LogP) is 1.84. The molecule has 15 heavy (non-hydrogen) atoms. The molecule has 1 rings (SSSR count). The molecule has 1 aromatic carbocycles. The smallest absolute Gasteiger partial charge is 0.107 e. The molecule has 3 nitrogen and oxygen atoms in total. The standard InChI is InChI=1S/C10H9Cl2NO2/c11-4-9(14)10(15)8-2-1-7(12)3-6(8)5-13/h1-3,9-10,14-15H,4H2. The van der Waals surface area contributed by atoms with Crippen molar-refractivity contribution in [2.24, 2.45) is 0 Å². The van der Waals surface area contributed by atoms with Gasteiger partial charge >= 0.3 is 0 Å². The fourth-order valence-electron chi connectivity index (χ4n) is 1.17. The lowest BCUT2D eigenvalue weighted by Gasteiger charge is -2.16. The fraction of sp³-hybridized carbons (Fsp3) is 0.300. The summed E-state index contributed by atoms with van der Waals surface area (Å²) in [6.07, 6.45) is -2.27. The Morgan fingerprint density at radius 3 is 2.60 bits per heavy atom. The Morgan fingerprint density at radius 1 is 1.40 bits per heavy atom. The van der Waals surface area contributed by atoms with Crippen molar-refractivity contribution in [2.75, 3.05) is 5.88 Å². The normalized spacial score (nSPS) is 14.3. The molecule has 0 saturated heterocycles. The fourth-order valence-corrected chi connectivity index (χ4v) is 1.52. The largest absolute Gasteiger partial charge is 0.389 e. The summed E-state index contributed by atoms with van der Waals surface area (Å²) in [7, 11) is 0. The minimum atomic E-state index is -1.17. The maximum atomic E-state index is 9.66. The molecule has 0 aliphatic heterocycles. The molecule has 0 saturated carbocycles. The van der Waals surface area contributed by atoms with Gasteiger partial charge < -0.3 is 10.2 Å². The zero-order valence-corrected chi connectivity index (χ0v) is 9.20. The summed E-state index contributed by atoms with van der Waals surface area (Å²) in [6.45, 7) is 0. The lowest BCUT2D eigenvalue weighted by molar-refractivity contribution is 0.0325. The highest BCUT2D eigenvalue weighted by Gasteiger charge is 2.20. The average Bonchev–Trinajstić information content (AvgIpc) is 2.26. The molecule has 0 aromatic heterocycles. The molecule has 0 spiro atoms. The van der Waals surface area contributed by atoms with Crippen LogP contribution in [0.3, 0.4) is 0 Å². The SMILES string of the molecule is N#Cc1cc(Cl)ccc1C(O)C(O)CCl. The summed E-state index contributed by atoms with van der Waals surface area (Å²) in [5.74, 6) is -0.103. The van der Waals surface area contributed by atoms with Gasteiger partial charge in [-0.2, -0.15) is 5.26 Å². The number of hydrogen-bond acceptors (Lipinski definition) is 3. The Morgan fingerprint density at radius 2 is 2.07 bits per heavy atom. The van der Waals surface area contributed by atoms with Crippen molar-refractivity contribution in [3.8, 4) is 6.07 Å². The topological polar surface area (TPSA) is 64.2 Å².